The molecule has 2 amide bonds. The molecule has 4 nitrogen and oxygen atoms in total. The van der Waals surface area contributed by atoms with E-state index < -0.39 is 0 Å². The van der Waals surface area contributed by atoms with E-state index in [9.17, 15) is 4.79 Å². The van der Waals surface area contributed by atoms with E-state index in [1.807, 2.05) is 35.2 Å². The number of hydrogen-bond donors (Lipinski definition) is 1. The van der Waals surface area contributed by atoms with Crippen LogP contribution in [0.5, 0.6) is 0 Å². The third kappa shape index (κ3) is 2.69. The molecule has 0 radical (unpaired) electrons. The first-order valence-electron chi connectivity index (χ1n) is 7.00. The number of benzene rings is 1. The van der Waals surface area contributed by atoms with E-state index in [0.29, 0.717) is 6.54 Å². The van der Waals surface area contributed by atoms with Crippen LogP contribution in [0.3, 0.4) is 0 Å². The summed E-state index contributed by atoms with van der Waals surface area (Å²) in [7, 11) is 0. The Morgan fingerprint density at radius 1 is 1.20 bits per heavy atom. The highest BCUT2D eigenvalue weighted by molar-refractivity contribution is 5.92. The second kappa shape index (κ2) is 5.82. The van der Waals surface area contributed by atoms with Crippen LogP contribution in [0.2, 0.25) is 0 Å². The Kier molecular flexibility index (Phi) is 3.72. The van der Waals surface area contributed by atoms with Crippen molar-refractivity contribution in [3.8, 4) is 0 Å². The Hall–Kier alpha value is -2.23. The van der Waals surface area contributed by atoms with Crippen LogP contribution in [0.25, 0.3) is 0 Å². The lowest BCUT2D eigenvalue weighted by atomic mass is 10.1. The number of nitrogens with one attached hydrogen (secondary N) is 1. The van der Waals surface area contributed by atoms with Crippen molar-refractivity contribution < 1.29 is 9.21 Å². The van der Waals surface area contributed by atoms with Crippen LogP contribution in [0, 0.1) is 0 Å². The predicted octanol–water partition coefficient (Wildman–Crippen LogP) is 3.33. The Morgan fingerprint density at radius 3 is 2.95 bits per heavy atom. The number of fused-ring (bicyclic) bond motifs is 1. The summed E-state index contributed by atoms with van der Waals surface area (Å²) in [5.74, 6) is 0.765. The number of aryl methyl sites for hydroxylation is 1. The number of nitrogens with zero attached hydrogens (tertiary/aromatic N) is 1. The highest BCUT2D eigenvalue weighted by Crippen LogP contribution is 2.26. The van der Waals surface area contributed by atoms with E-state index in [2.05, 4.69) is 11.4 Å². The summed E-state index contributed by atoms with van der Waals surface area (Å²) in [5.41, 5.74) is 2.28. The maximum atomic E-state index is 12.4. The molecular formula is C16H18N2O2. The SMILES string of the molecule is O=C(NCc1ccco1)N1CCCCc2ccccc21. The quantitative estimate of drug-likeness (QED) is 0.909. The van der Waals surface area contributed by atoms with Crippen LogP contribution >= 0.6 is 0 Å². The number of carbonyl (C=O) groups is 1. The standard InChI is InChI=1S/C16H18N2O2/c19-16(17-12-14-8-5-11-20-14)18-10-4-3-7-13-6-1-2-9-15(13)18/h1-2,5-6,8-9,11H,3-4,7,10,12H2,(H,17,19). The first-order chi connectivity index (χ1) is 9.84. The van der Waals surface area contributed by atoms with Gasteiger partial charge in [-0.05, 0) is 43.0 Å². The maximum absolute atomic E-state index is 12.4. The van der Waals surface area contributed by atoms with Gasteiger partial charge in [0.05, 0.1) is 12.8 Å². The summed E-state index contributed by atoms with van der Waals surface area (Å²) in [4.78, 5) is 14.2. The number of furan rings is 1. The first kappa shape index (κ1) is 12.8. The molecule has 0 unspecified atom stereocenters. The number of urea groups is 1. The third-order valence-corrected chi connectivity index (χ3v) is 3.60. The average Bonchev–Trinajstić information content (AvgIpc) is 2.90. The molecule has 2 aromatic rings. The number of anilines is 1. The summed E-state index contributed by atoms with van der Waals surface area (Å²) < 4.78 is 5.23. The van der Waals surface area contributed by atoms with E-state index in [1.54, 1.807) is 6.26 Å². The van der Waals surface area contributed by atoms with Gasteiger partial charge < -0.3 is 9.73 Å². The predicted molar refractivity (Wildman–Crippen MR) is 77.7 cm³/mol. The van der Waals surface area contributed by atoms with Crippen molar-refractivity contribution in [3.05, 3.63) is 54.0 Å². The molecule has 0 fully saturated rings. The van der Waals surface area contributed by atoms with Crippen molar-refractivity contribution in [2.24, 2.45) is 0 Å². The van der Waals surface area contributed by atoms with Crippen LogP contribution in [-0.2, 0) is 13.0 Å². The highest BCUT2D eigenvalue weighted by Gasteiger charge is 2.20. The van der Waals surface area contributed by atoms with Gasteiger partial charge in [-0.3, -0.25) is 4.90 Å². The molecule has 1 aliphatic heterocycles. The fourth-order valence-electron chi connectivity index (χ4n) is 2.57. The Labute approximate surface area is 118 Å². The summed E-state index contributed by atoms with van der Waals surface area (Å²) in [6.45, 7) is 1.19. The van der Waals surface area contributed by atoms with Crippen LogP contribution in [0.1, 0.15) is 24.2 Å². The summed E-state index contributed by atoms with van der Waals surface area (Å²) in [6.07, 6.45) is 4.81. The zero-order chi connectivity index (χ0) is 13.8. The van der Waals surface area contributed by atoms with Crippen molar-refractivity contribution in [1.82, 2.24) is 5.32 Å². The minimum absolute atomic E-state index is 0.0595. The second-order valence-corrected chi connectivity index (χ2v) is 4.98. The number of hydrogen-bond acceptors (Lipinski definition) is 2. The molecule has 1 aliphatic rings. The molecule has 0 bridgehead atoms. The molecule has 4 heteroatoms. The van der Waals surface area contributed by atoms with E-state index in [-0.39, 0.29) is 6.03 Å². The Morgan fingerprint density at radius 2 is 2.10 bits per heavy atom. The van der Waals surface area contributed by atoms with Gasteiger partial charge in [0.15, 0.2) is 0 Å². The average molecular weight is 270 g/mol. The van der Waals surface area contributed by atoms with Gasteiger partial charge in [-0.2, -0.15) is 0 Å². The lowest BCUT2D eigenvalue weighted by Crippen LogP contribution is -2.40. The van der Waals surface area contributed by atoms with Crippen molar-refractivity contribution in [1.29, 1.82) is 0 Å². The number of amides is 2. The lowest BCUT2D eigenvalue weighted by Gasteiger charge is -2.23. The fourth-order valence-corrected chi connectivity index (χ4v) is 2.57. The summed E-state index contributed by atoms with van der Waals surface area (Å²) >= 11 is 0. The number of para-hydroxylation sites is 1. The van der Waals surface area contributed by atoms with Gasteiger partial charge in [0, 0.05) is 12.2 Å². The van der Waals surface area contributed by atoms with Crippen molar-refractivity contribution in [3.63, 3.8) is 0 Å². The van der Waals surface area contributed by atoms with Crippen molar-refractivity contribution in [2.45, 2.75) is 25.8 Å². The van der Waals surface area contributed by atoms with Crippen LogP contribution in [0.4, 0.5) is 10.5 Å². The van der Waals surface area contributed by atoms with Crippen LogP contribution in [0.15, 0.2) is 47.1 Å². The smallest absolute Gasteiger partial charge is 0.322 e. The van der Waals surface area contributed by atoms with E-state index >= 15 is 0 Å². The minimum atomic E-state index is -0.0595. The zero-order valence-electron chi connectivity index (χ0n) is 11.3. The molecule has 0 spiro atoms. The van der Waals surface area contributed by atoms with Gasteiger partial charge in [-0.25, -0.2) is 4.79 Å². The number of carbonyl (C=O) groups excluding carboxylic acids is 1. The fraction of sp³-hybridized carbons (Fsp3) is 0.312. The zero-order valence-corrected chi connectivity index (χ0v) is 11.3. The molecule has 0 saturated carbocycles. The molecule has 1 aromatic carbocycles. The van der Waals surface area contributed by atoms with Crippen LogP contribution in [-0.4, -0.2) is 12.6 Å². The minimum Gasteiger partial charge on any atom is -0.467 e. The van der Waals surface area contributed by atoms with E-state index in [0.717, 1.165) is 37.3 Å². The molecule has 2 heterocycles. The monoisotopic (exact) mass is 270 g/mol. The first-order valence-corrected chi connectivity index (χ1v) is 7.00. The molecular weight excluding hydrogens is 252 g/mol. The summed E-state index contributed by atoms with van der Waals surface area (Å²) in [6, 6.07) is 11.8. The van der Waals surface area contributed by atoms with Gasteiger partial charge in [0.2, 0.25) is 0 Å². The third-order valence-electron chi connectivity index (χ3n) is 3.60. The van der Waals surface area contributed by atoms with Crippen LogP contribution < -0.4 is 10.2 Å². The Bertz CT molecular complexity index is 578. The van der Waals surface area contributed by atoms with Gasteiger partial charge >= 0.3 is 6.03 Å². The molecule has 1 N–H and O–H groups in total. The maximum Gasteiger partial charge on any atom is 0.322 e. The lowest BCUT2D eigenvalue weighted by molar-refractivity contribution is 0.245. The van der Waals surface area contributed by atoms with Crippen molar-refractivity contribution >= 4 is 11.7 Å². The molecule has 0 aliphatic carbocycles. The normalized spacial score (nSPS) is 14.5. The molecule has 0 atom stereocenters. The number of rotatable bonds is 2. The van der Waals surface area contributed by atoms with Gasteiger partial charge in [-0.15, -0.1) is 0 Å². The molecule has 1 aromatic heterocycles. The molecule has 3 rings (SSSR count). The Balaban J connectivity index is 1.73. The largest absolute Gasteiger partial charge is 0.467 e. The second-order valence-electron chi connectivity index (χ2n) is 4.98. The van der Waals surface area contributed by atoms with Gasteiger partial charge in [0.1, 0.15) is 5.76 Å². The molecule has 20 heavy (non-hydrogen) atoms. The topological polar surface area (TPSA) is 45.5 Å². The van der Waals surface area contributed by atoms with Gasteiger partial charge in [0.25, 0.3) is 0 Å². The summed E-state index contributed by atoms with van der Waals surface area (Å²) in [5, 5.41) is 2.92. The van der Waals surface area contributed by atoms with E-state index in [1.165, 1.54) is 5.56 Å². The van der Waals surface area contributed by atoms with E-state index in [4.69, 9.17) is 4.42 Å². The molecule has 104 valence electrons. The van der Waals surface area contributed by atoms with Crippen molar-refractivity contribution in [2.75, 3.05) is 11.4 Å². The van der Waals surface area contributed by atoms with Gasteiger partial charge in [-0.1, -0.05) is 18.2 Å². The highest BCUT2D eigenvalue weighted by atomic mass is 16.3. The molecule has 0 saturated heterocycles.